The van der Waals surface area contributed by atoms with Crippen molar-refractivity contribution in [1.29, 1.82) is 0 Å². The van der Waals surface area contributed by atoms with Crippen molar-refractivity contribution in [2.24, 2.45) is 5.73 Å². The molecule has 3 aromatic carbocycles. The first-order valence-electron chi connectivity index (χ1n) is 12.5. The average molecular weight is 476 g/mol. The highest BCUT2D eigenvalue weighted by Crippen LogP contribution is 2.33. The standard InChI is InChI=1S/C30H37NO4/c1-3-4-5-6-7-10-28(33)27(16-21-11-14-29(34)30(17-21)35-2)23-18-22(9-8-15-31)26-13-12-25(32)20-24(26)19-23/h7,10-14,17-20,27,32,34H,3-6,8-9,15-16,31H2,1-2H3/t27-/m1/s1. The fourth-order valence-corrected chi connectivity index (χ4v) is 4.46. The molecule has 5 heteroatoms. The van der Waals surface area contributed by atoms with Gasteiger partial charge in [-0.2, -0.15) is 0 Å². The molecule has 0 aromatic heterocycles. The average Bonchev–Trinajstić information content (AvgIpc) is 2.86. The maximum atomic E-state index is 13.5. The largest absolute Gasteiger partial charge is 0.508 e. The number of carbonyl (C=O) groups is 1. The van der Waals surface area contributed by atoms with Crippen LogP contribution in [0.5, 0.6) is 17.2 Å². The zero-order chi connectivity index (χ0) is 25.2. The first kappa shape index (κ1) is 26.3. The zero-order valence-electron chi connectivity index (χ0n) is 20.8. The quantitative estimate of drug-likeness (QED) is 0.203. The van der Waals surface area contributed by atoms with E-state index in [1.54, 1.807) is 30.3 Å². The highest BCUT2D eigenvalue weighted by Gasteiger charge is 2.22. The minimum absolute atomic E-state index is 0.0396. The molecule has 0 saturated heterocycles. The second-order valence-electron chi connectivity index (χ2n) is 9.04. The lowest BCUT2D eigenvalue weighted by atomic mass is 9.85. The SMILES string of the molecule is CCCCCC=CC(=O)[C@H](Cc1ccc(O)c(OC)c1)c1cc(CCCN)c2ccc(O)cc2c1. The Morgan fingerprint density at radius 3 is 2.63 bits per heavy atom. The number of fused-ring (bicyclic) bond motifs is 1. The van der Waals surface area contributed by atoms with Gasteiger partial charge < -0.3 is 20.7 Å². The number of ketones is 1. The molecule has 3 aromatic rings. The molecule has 0 radical (unpaired) electrons. The molecule has 5 nitrogen and oxygen atoms in total. The van der Waals surface area contributed by atoms with Crippen molar-refractivity contribution in [1.82, 2.24) is 0 Å². The van der Waals surface area contributed by atoms with Gasteiger partial charge in [-0.15, -0.1) is 0 Å². The number of phenolic OH excluding ortho intramolecular Hbond substituents is 2. The van der Waals surface area contributed by atoms with Crippen LogP contribution in [0.2, 0.25) is 0 Å². The maximum Gasteiger partial charge on any atom is 0.163 e. The summed E-state index contributed by atoms with van der Waals surface area (Å²) in [6.07, 6.45) is 10.0. The molecule has 0 aliphatic carbocycles. The lowest BCUT2D eigenvalue weighted by Crippen LogP contribution is -2.14. The molecule has 0 unspecified atom stereocenters. The van der Waals surface area contributed by atoms with Crippen LogP contribution in [0, 0.1) is 0 Å². The summed E-state index contributed by atoms with van der Waals surface area (Å²) in [5.41, 5.74) is 8.72. The number of phenols is 2. The number of benzene rings is 3. The number of hydrogen-bond acceptors (Lipinski definition) is 5. The van der Waals surface area contributed by atoms with Crippen LogP contribution in [0.15, 0.2) is 60.7 Å². The van der Waals surface area contributed by atoms with Crippen LogP contribution >= 0.6 is 0 Å². The van der Waals surface area contributed by atoms with Crippen LogP contribution in [0.3, 0.4) is 0 Å². The summed E-state index contributed by atoms with van der Waals surface area (Å²) < 4.78 is 5.28. The van der Waals surface area contributed by atoms with E-state index in [-0.39, 0.29) is 17.3 Å². The number of aryl methyl sites for hydroxylation is 1. The molecular formula is C30H37NO4. The lowest BCUT2D eigenvalue weighted by molar-refractivity contribution is -0.116. The van der Waals surface area contributed by atoms with Gasteiger partial charge in [0, 0.05) is 0 Å². The van der Waals surface area contributed by atoms with Crippen LogP contribution in [0.25, 0.3) is 10.8 Å². The summed E-state index contributed by atoms with van der Waals surface area (Å²) in [5.74, 6) is 0.283. The number of unbranched alkanes of at least 4 members (excludes halogenated alkanes) is 3. The van der Waals surface area contributed by atoms with E-state index in [4.69, 9.17) is 10.5 Å². The highest BCUT2D eigenvalue weighted by atomic mass is 16.5. The van der Waals surface area contributed by atoms with E-state index in [1.165, 1.54) is 7.11 Å². The van der Waals surface area contributed by atoms with Crippen LogP contribution in [0.1, 0.15) is 61.6 Å². The third-order valence-electron chi connectivity index (χ3n) is 6.38. The van der Waals surface area contributed by atoms with E-state index in [9.17, 15) is 15.0 Å². The van der Waals surface area contributed by atoms with Gasteiger partial charge in [0.25, 0.3) is 0 Å². The van der Waals surface area contributed by atoms with E-state index >= 15 is 0 Å². The molecule has 4 N–H and O–H groups in total. The molecule has 0 heterocycles. The topological polar surface area (TPSA) is 92.8 Å². The highest BCUT2D eigenvalue weighted by molar-refractivity contribution is 5.97. The summed E-state index contributed by atoms with van der Waals surface area (Å²) >= 11 is 0. The van der Waals surface area contributed by atoms with Crippen molar-refractivity contribution in [2.45, 2.75) is 57.8 Å². The molecule has 0 fully saturated rings. The fraction of sp³-hybridized carbons (Fsp3) is 0.367. The minimum atomic E-state index is -0.407. The normalized spacial score (nSPS) is 12.3. The second kappa shape index (κ2) is 13.0. The smallest absolute Gasteiger partial charge is 0.163 e. The molecule has 3 rings (SSSR count). The van der Waals surface area contributed by atoms with E-state index in [0.29, 0.717) is 18.7 Å². The first-order chi connectivity index (χ1) is 17.0. The number of rotatable bonds is 13. The fourth-order valence-electron chi connectivity index (χ4n) is 4.46. The summed E-state index contributed by atoms with van der Waals surface area (Å²) in [7, 11) is 1.51. The number of aromatic hydroxyl groups is 2. The van der Waals surface area contributed by atoms with E-state index in [0.717, 1.165) is 66.0 Å². The Morgan fingerprint density at radius 1 is 1.06 bits per heavy atom. The molecule has 186 valence electrons. The summed E-state index contributed by atoms with van der Waals surface area (Å²) in [6, 6.07) is 14.7. The monoisotopic (exact) mass is 475 g/mol. The van der Waals surface area contributed by atoms with Crippen molar-refractivity contribution in [2.75, 3.05) is 13.7 Å². The molecular weight excluding hydrogens is 438 g/mol. The Morgan fingerprint density at radius 2 is 1.89 bits per heavy atom. The van der Waals surface area contributed by atoms with Crippen LogP contribution < -0.4 is 10.5 Å². The van der Waals surface area contributed by atoms with E-state index in [1.807, 2.05) is 24.3 Å². The van der Waals surface area contributed by atoms with Gasteiger partial charge in [-0.25, -0.2) is 0 Å². The van der Waals surface area contributed by atoms with E-state index in [2.05, 4.69) is 13.0 Å². The first-order valence-corrected chi connectivity index (χ1v) is 12.5. The predicted octanol–water partition coefficient (Wildman–Crippen LogP) is 6.18. The van der Waals surface area contributed by atoms with Crippen molar-refractivity contribution >= 4 is 16.6 Å². The van der Waals surface area contributed by atoms with Gasteiger partial charge in [0.15, 0.2) is 17.3 Å². The number of ether oxygens (including phenoxy) is 1. The van der Waals surface area contributed by atoms with Crippen molar-refractivity contribution in [3.05, 3.63) is 77.4 Å². The number of nitrogens with two attached hydrogens (primary N) is 1. The summed E-state index contributed by atoms with van der Waals surface area (Å²) in [5, 5.41) is 22.1. The Bertz CT molecular complexity index is 1170. The molecule has 0 amide bonds. The van der Waals surface area contributed by atoms with Gasteiger partial charge in [0.2, 0.25) is 0 Å². The number of methoxy groups -OCH3 is 1. The van der Waals surface area contributed by atoms with Crippen molar-refractivity contribution in [3.8, 4) is 17.2 Å². The third-order valence-corrected chi connectivity index (χ3v) is 6.38. The van der Waals surface area contributed by atoms with Gasteiger partial charge in [0.1, 0.15) is 5.75 Å². The van der Waals surface area contributed by atoms with Crippen LogP contribution in [0.4, 0.5) is 0 Å². The van der Waals surface area contributed by atoms with Crippen molar-refractivity contribution < 1.29 is 19.7 Å². The molecule has 0 aliphatic rings. The van der Waals surface area contributed by atoms with E-state index < -0.39 is 5.92 Å². The Labute approximate surface area is 208 Å². The van der Waals surface area contributed by atoms with Gasteiger partial charge >= 0.3 is 0 Å². The van der Waals surface area contributed by atoms with Crippen LogP contribution in [-0.2, 0) is 17.6 Å². The molecule has 1 atom stereocenters. The predicted molar refractivity (Wildman–Crippen MR) is 142 cm³/mol. The Balaban J connectivity index is 2.03. The number of hydrogen-bond donors (Lipinski definition) is 3. The van der Waals surface area contributed by atoms with Gasteiger partial charge in [-0.1, -0.05) is 50.1 Å². The Hall–Kier alpha value is -3.31. The molecule has 35 heavy (non-hydrogen) atoms. The number of allylic oxidation sites excluding steroid dienone is 2. The van der Waals surface area contributed by atoms with Gasteiger partial charge in [-0.05, 0) is 96.5 Å². The number of carbonyl (C=O) groups excluding carboxylic acids is 1. The second-order valence-corrected chi connectivity index (χ2v) is 9.04. The maximum absolute atomic E-state index is 13.5. The molecule has 0 saturated carbocycles. The molecule has 0 spiro atoms. The summed E-state index contributed by atoms with van der Waals surface area (Å²) in [4.78, 5) is 13.5. The lowest BCUT2D eigenvalue weighted by Gasteiger charge is -2.19. The zero-order valence-corrected chi connectivity index (χ0v) is 20.8. The molecule has 0 aliphatic heterocycles. The van der Waals surface area contributed by atoms with Crippen molar-refractivity contribution in [3.63, 3.8) is 0 Å². The third kappa shape index (κ3) is 7.09. The van der Waals surface area contributed by atoms with Crippen LogP contribution in [-0.4, -0.2) is 29.7 Å². The van der Waals surface area contributed by atoms with Gasteiger partial charge in [0.05, 0.1) is 13.0 Å². The Kier molecular flexibility index (Phi) is 9.74. The summed E-state index contributed by atoms with van der Waals surface area (Å²) in [6.45, 7) is 2.75. The minimum Gasteiger partial charge on any atom is -0.508 e. The van der Waals surface area contributed by atoms with Gasteiger partial charge in [-0.3, -0.25) is 4.79 Å². The molecule has 0 bridgehead atoms.